The highest BCUT2D eigenvalue weighted by molar-refractivity contribution is 5.55. The number of oxazole rings is 1. The number of pyridine rings is 1. The van der Waals surface area contributed by atoms with Gasteiger partial charge in [-0.05, 0) is 36.8 Å². The van der Waals surface area contributed by atoms with E-state index in [-0.39, 0.29) is 11.7 Å². The highest BCUT2D eigenvalue weighted by atomic mass is 16.6. The molecule has 1 atom stereocenters. The molecule has 0 unspecified atom stereocenters. The lowest BCUT2D eigenvalue weighted by Crippen LogP contribution is -2.18. The summed E-state index contributed by atoms with van der Waals surface area (Å²) in [5, 5.41) is 14.0. The Bertz CT molecular complexity index is 815. The topological polar surface area (TPSA) is 94.1 Å². The van der Waals surface area contributed by atoms with Crippen LogP contribution in [0.4, 0.5) is 5.69 Å². The molecule has 3 rings (SSSR count). The van der Waals surface area contributed by atoms with Gasteiger partial charge in [-0.2, -0.15) is 0 Å². The summed E-state index contributed by atoms with van der Waals surface area (Å²) >= 11 is 0. The molecule has 0 spiro atoms. The van der Waals surface area contributed by atoms with Crippen LogP contribution < -0.4 is 5.32 Å². The highest BCUT2D eigenvalue weighted by Gasteiger charge is 2.11. The molecule has 0 radical (unpaired) electrons. The van der Waals surface area contributed by atoms with Crippen molar-refractivity contribution in [3.63, 3.8) is 0 Å². The summed E-state index contributed by atoms with van der Waals surface area (Å²) in [6.07, 6.45) is 5.11. The van der Waals surface area contributed by atoms with Crippen molar-refractivity contribution in [1.82, 2.24) is 15.3 Å². The lowest BCUT2D eigenvalue weighted by molar-refractivity contribution is -0.384. The van der Waals surface area contributed by atoms with E-state index in [1.165, 1.54) is 12.1 Å². The van der Waals surface area contributed by atoms with E-state index in [2.05, 4.69) is 22.2 Å². The van der Waals surface area contributed by atoms with Crippen molar-refractivity contribution in [2.24, 2.45) is 0 Å². The number of rotatable bonds is 6. The maximum atomic E-state index is 10.7. The Labute approximate surface area is 138 Å². The van der Waals surface area contributed by atoms with Gasteiger partial charge in [-0.3, -0.25) is 15.1 Å². The monoisotopic (exact) mass is 324 g/mol. The molecule has 7 heteroatoms. The van der Waals surface area contributed by atoms with Crippen LogP contribution in [0.5, 0.6) is 0 Å². The van der Waals surface area contributed by atoms with Crippen molar-refractivity contribution >= 4 is 5.69 Å². The fourth-order valence-corrected chi connectivity index (χ4v) is 2.27. The summed E-state index contributed by atoms with van der Waals surface area (Å²) in [7, 11) is 0. The average molecular weight is 324 g/mol. The van der Waals surface area contributed by atoms with Crippen molar-refractivity contribution in [2.75, 3.05) is 0 Å². The van der Waals surface area contributed by atoms with Crippen LogP contribution in [0.2, 0.25) is 0 Å². The molecule has 0 saturated carbocycles. The van der Waals surface area contributed by atoms with Crippen molar-refractivity contribution in [3.8, 4) is 11.5 Å². The van der Waals surface area contributed by atoms with E-state index in [0.29, 0.717) is 18.0 Å². The van der Waals surface area contributed by atoms with Crippen molar-refractivity contribution < 1.29 is 9.34 Å². The summed E-state index contributed by atoms with van der Waals surface area (Å²) in [4.78, 5) is 18.6. The average Bonchev–Trinajstić information content (AvgIpc) is 3.09. The predicted molar refractivity (Wildman–Crippen MR) is 88.1 cm³/mol. The largest absolute Gasteiger partial charge is 0.444 e. The number of nitrogens with zero attached hydrogens (tertiary/aromatic N) is 3. The number of benzene rings is 1. The van der Waals surface area contributed by atoms with Gasteiger partial charge in [0.1, 0.15) is 6.26 Å². The fourth-order valence-electron chi connectivity index (χ4n) is 2.27. The smallest absolute Gasteiger partial charge is 0.269 e. The Hall–Kier alpha value is -3.06. The molecule has 0 saturated heterocycles. The first-order valence-electron chi connectivity index (χ1n) is 7.46. The van der Waals surface area contributed by atoms with Gasteiger partial charge in [0, 0.05) is 42.7 Å². The molecule has 2 heterocycles. The molecule has 0 aliphatic heterocycles. The van der Waals surface area contributed by atoms with Crippen LogP contribution in [0.25, 0.3) is 11.5 Å². The Morgan fingerprint density at radius 3 is 2.58 bits per heavy atom. The molecule has 0 aliphatic rings. The number of aromatic nitrogens is 2. The third-order valence-corrected chi connectivity index (χ3v) is 3.67. The summed E-state index contributed by atoms with van der Waals surface area (Å²) in [6, 6.07) is 10.2. The van der Waals surface area contributed by atoms with E-state index >= 15 is 0 Å². The Balaban J connectivity index is 1.64. The van der Waals surface area contributed by atoms with E-state index in [0.717, 1.165) is 11.3 Å². The second kappa shape index (κ2) is 7.01. The van der Waals surface area contributed by atoms with Crippen LogP contribution >= 0.6 is 0 Å². The highest BCUT2D eigenvalue weighted by Crippen LogP contribution is 2.22. The molecule has 0 fully saturated rings. The quantitative estimate of drug-likeness (QED) is 0.551. The molecule has 122 valence electrons. The number of hydrogen-bond donors (Lipinski definition) is 1. The van der Waals surface area contributed by atoms with Crippen molar-refractivity contribution in [2.45, 2.75) is 19.5 Å². The minimum Gasteiger partial charge on any atom is -0.444 e. The van der Waals surface area contributed by atoms with Crippen LogP contribution in [0.15, 0.2) is 59.5 Å². The second-order valence-corrected chi connectivity index (χ2v) is 5.33. The number of nitrogens with one attached hydrogen (secondary N) is 1. The van der Waals surface area contributed by atoms with E-state index < -0.39 is 4.92 Å². The summed E-state index contributed by atoms with van der Waals surface area (Å²) in [6.45, 7) is 2.62. The molecule has 7 nitrogen and oxygen atoms in total. The lowest BCUT2D eigenvalue weighted by atomic mass is 10.1. The van der Waals surface area contributed by atoms with E-state index in [1.54, 1.807) is 30.8 Å². The molecular formula is C17H16N4O3. The third kappa shape index (κ3) is 3.64. The standard InChI is InChI=1S/C17H16N4O3/c1-12(13-6-8-18-9-7-13)19-10-15-11-24-17(20-15)14-2-4-16(5-3-14)21(22)23/h2-9,11-12,19H,10H2,1H3/t12-/m0/s1. The van der Waals surface area contributed by atoms with E-state index in [4.69, 9.17) is 4.42 Å². The zero-order valence-electron chi connectivity index (χ0n) is 13.0. The predicted octanol–water partition coefficient (Wildman–Crippen LogP) is 3.50. The number of hydrogen-bond acceptors (Lipinski definition) is 6. The van der Waals surface area contributed by atoms with Gasteiger partial charge in [0.05, 0.1) is 10.6 Å². The molecule has 1 N–H and O–H groups in total. The van der Waals surface area contributed by atoms with E-state index in [9.17, 15) is 10.1 Å². The lowest BCUT2D eigenvalue weighted by Gasteiger charge is -2.12. The number of non-ortho nitro benzene ring substituents is 1. The summed E-state index contributed by atoms with van der Waals surface area (Å²) in [5.74, 6) is 0.443. The molecule has 0 amide bonds. The Kier molecular flexibility index (Phi) is 4.62. The van der Waals surface area contributed by atoms with Gasteiger partial charge in [-0.15, -0.1) is 0 Å². The first-order chi connectivity index (χ1) is 11.6. The number of nitro groups is 1. The first-order valence-corrected chi connectivity index (χ1v) is 7.46. The van der Waals surface area contributed by atoms with Crippen LogP contribution in [-0.2, 0) is 6.54 Å². The Morgan fingerprint density at radius 1 is 1.21 bits per heavy atom. The van der Waals surface area contributed by atoms with Gasteiger partial charge in [-0.1, -0.05) is 0 Å². The molecule has 0 aliphatic carbocycles. The SMILES string of the molecule is C[C@H](NCc1coc(-c2ccc([N+](=O)[O-])cc2)n1)c1ccncc1. The van der Waals surface area contributed by atoms with Crippen LogP contribution in [-0.4, -0.2) is 14.9 Å². The number of nitro benzene ring substituents is 1. The molecule has 1 aromatic carbocycles. The van der Waals surface area contributed by atoms with Crippen molar-refractivity contribution in [1.29, 1.82) is 0 Å². The van der Waals surface area contributed by atoms with Crippen LogP contribution in [0.3, 0.4) is 0 Å². The van der Waals surface area contributed by atoms with Gasteiger partial charge in [0.2, 0.25) is 5.89 Å². The van der Waals surface area contributed by atoms with Crippen LogP contribution in [0, 0.1) is 10.1 Å². The van der Waals surface area contributed by atoms with E-state index in [1.807, 2.05) is 12.1 Å². The van der Waals surface area contributed by atoms with Gasteiger partial charge in [-0.25, -0.2) is 4.98 Å². The van der Waals surface area contributed by atoms with Crippen molar-refractivity contribution in [3.05, 3.63) is 76.4 Å². The second-order valence-electron chi connectivity index (χ2n) is 5.33. The summed E-state index contributed by atoms with van der Waals surface area (Å²) in [5.41, 5.74) is 2.65. The normalized spacial score (nSPS) is 12.0. The van der Waals surface area contributed by atoms with Gasteiger partial charge < -0.3 is 9.73 Å². The van der Waals surface area contributed by atoms with Crippen LogP contribution in [0.1, 0.15) is 24.2 Å². The summed E-state index contributed by atoms with van der Waals surface area (Å²) < 4.78 is 5.46. The first kappa shape index (κ1) is 15.8. The minimum absolute atomic E-state index is 0.0402. The van der Waals surface area contributed by atoms with Gasteiger partial charge in [0.25, 0.3) is 5.69 Å². The molecular weight excluding hydrogens is 308 g/mol. The Morgan fingerprint density at radius 2 is 1.92 bits per heavy atom. The molecule has 2 aromatic heterocycles. The zero-order valence-corrected chi connectivity index (χ0v) is 13.0. The van der Waals surface area contributed by atoms with Gasteiger partial charge >= 0.3 is 0 Å². The zero-order chi connectivity index (χ0) is 16.9. The van der Waals surface area contributed by atoms with Gasteiger partial charge in [0.15, 0.2) is 0 Å². The minimum atomic E-state index is -0.435. The maximum absolute atomic E-state index is 10.7. The molecule has 3 aromatic rings. The molecule has 0 bridgehead atoms. The fraction of sp³-hybridized carbons (Fsp3) is 0.176. The maximum Gasteiger partial charge on any atom is 0.269 e. The molecule has 24 heavy (non-hydrogen) atoms. The third-order valence-electron chi connectivity index (χ3n) is 3.67.